The number of carbonyl (C=O) groups is 2. The summed E-state index contributed by atoms with van der Waals surface area (Å²) >= 11 is 0. The zero-order valence-corrected chi connectivity index (χ0v) is 20.7. The standard InChI is InChI=1S/C28H24N4O5/c1-15-13-20(17(3)36-15)23-14-21(25-16(2)32-37-28(25)31-23)27(34)29-19-11-9-18(10-12-19)26(33)30-22-7-5-6-8-24(22)35-4/h5-14H,1-4H3,(H,29,34)(H,30,33). The first-order valence-corrected chi connectivity index (χ1v) is 11.5. The zero-order chi connectivity index (χ0) is 26.1. The number of methoxy groups -OCH3 is 1. The third kappa shape index (κ3) is 4.66. The molecule has 0 unspecified atom stereocenters. The normalized spacial score (nSPS) is 10.9. The van der Waals surface area contributed by atoms with Crippen molar-refractivity contribution in [1.82, 2.24) is 10.1 Å². The highest BCUT2D eigenvalue weighted by Crippen LogP contribution is 2.31. The molecule has 0 atom stereocenters. The molecule has 186 valence electrons. The van der Waals surface area contributed by atoms with Crippen molar-refractivity contribution < 1.29 is 23.3 Å². The Balaban J connectivity index is 1.39. The zero-order valence-electron chi connectivity index (χ0n) is 20.7. The highest BCUT2D eigenvalue weighted by atomic mass is 16.5. The molecule has 0 saturated heterocycles. The van der Waals surface area contributed by atoms with E-state index >= 15 is 0 Å². The van der Waals surface area contributed by atoms with Crippen LogP contribution in [-0.4, -0.2) is 29.1 Å². The number of rotatable bonds is 6. The summed E-state index contributed by atoms with van der Waals surface area (Å²) in [4.78, 5) is 30.6. The van der Waals surface area contributed by atoms with Gasteiger partial charge in [0.05, 0.1) is 35.1 Å². The Morgan fingerprint density at radius 3 is 2.38 bits per heavy atom. The number of aryl methyl sites for hydroxylation is 3. The molecule has 2 amide bonds. The number of benzene rings is 2. The highest BCUT2D eigenvalue weighted by Gasteiger charge is 2.21. The van der Waals surface area contributed by atoms with Crippen LogP contribution in [0.25, 0.3) is 22.4 Å². The number of furan rings is 1. The van der Waals surface area contributed by atoms with Crippen molar-refractivity contribution in [2.45, 2.75) is 20.8 Å². The van der Waals surface area contributed by atoms with Crippen molar-refractivity contribution in [1.29, 1.82) is 0 Å². The number of para-hydroxylation sites is 2. The van der Waals surface area contributed by atoms with Gasteiger partial charge in [-0.2, -0.15) is 0 Å². The number of nitrogens with zero attached hydrogens (tertiary/aromatic N) is 2. The third-order valence-electron chi connectivity index (χ3n) is 5.94. The number of anilines is 2. The number of nitrogens with one attached hydrogen (secondary N) is 2. The van der Waals surface area contributed by atoms with Gasteiger partial charge in [-0.05, 0) is 69.3 Å². The van der Waals surface area contributed by atoms with Gasteiger partial charge in [0, 0.05) is 16.8 Å². The van der Waals surface area contributed by atoms with Crippen LogP contribution in [-0.2, 0) is 0 Å². The van der Waals surface area contributed by atoms with Crippen LogP contribution in [0.3, 0.4) is 0 Å². The van der Waals surface area contributed by atoms with E-state index in [4.69, 9.17) is 13.7 Å². The largest absolute Gasteiger partial charge is 0.495 e. The van der Waals surface area contributed by atoms with Crippen LogP contribution < -0.4 is 15.4 Å². The number of amides is 2. The minimum atomic E-state index is -0.357. The molecule has 37 heavy (non-hydrogen) atoms. The Morgan fingerprint density at radius 2 is 1.68 bits per heavy atom. The molecule has 0 radical (unpaired) electrons. The van der Waals surface area contributed by atoms with Crippen molar-refractivity contribution in [3.05, 3.63) is 89.0 Å². The van der Waals surface area contributed by atoms with E-state index in [0.29, 0.717) is 50.8 Å². The number of pyridine rings is 1. The lowest BCUT2D eigenvalue weighted by Gasteiger charge is -2.11. The lowest BCUT2D eigenvalue weighted by Crippen LogP contribution is -2.14. The summed E-state index contributed by atoms with van der Waals surface area (Å²) in [5, 5.41) is 10.2. The molecule has 3 heterocycles. The number of hydrogen-bond acceptors (Lipinski definition) is 7. The molecular weight excluding hydrogens is 472 g/mol. The first-order chi connectivity index (χ1) is 17.8. The fraction of sp³-hybridized carbons (Fsp3) is 0.143. The summed E-state index contributed by atoms with van der Waals surface area (Å²) < 4.78 is 16.3. The van der Waals surface area contributed by atoms with E-state index in [0.717, 1.165) is 11.3 Å². The topological polar surface area (TPSA) is 119 Å². The molecule has 0 bridgehead atoms. The van der Waals surface area contributed by atoms with Gasteiger partial charge in [-0.15, -0.1) is 0 Å². The molecule has 0 spiro atoms. The number of ether oxygens (including phenoxy) is 1. The van der Waals surface area contributed by atoms with E-state index in [1.807, 2.05) is 32.0 Å². The first-order valence-electron chi connectivity index (χ1n) is 11.5. The van der Waals surface area contributed by atoms with E-state index in [1.165, 1.54) is 0 Å². The van der Waals surface area contributed by atoms with E-state index in [-0.39, 0.29) is 17.5 Å². The van der Waals surface area contributed by atoms with Gasteiger partial charge >= 0.3 is 0 Å². The maximum Gasteiger partial charge on any atom is 0.259 e. The molecule has 0 fully saturated rings. The van der Waals surface area contributed by atoms with Crippen LogP contribution in [0, 0.1) is 20.8 Å². The van der Waals surface area contributed by atoms with Crippen LogP contribution in [0.5, 0.6) is 5.75 Å². The van der Waals surface area contributed by atoms with Crippen molar-refractivity contribution in [3.63, 3.8) is 0 Å². The quantitative estimate of drug-likeness (QED) is 0.299. The smallest absolute Gasteiger partial charge is 0.259 e. The predicted molar refractivity (Wildman–Crippen MR) is 139 cm³/mol. The summed E-state index contributed by atoms with van der Waals surface area (Å²) in [5.74, 6) is 1.34. The Labute approximate surface area is 212 Å². The lowest BCUT2D eigenvalue weighted by atomic mass is 10.1. The highest BCUT2D eigenvalue weighted by molar-refractivity contribution is 6.13. The number of hydrogen-bond donors (Lipinski definition) is 2. The molecule has 0 aliphatic heterocycles. The van der Waals surface area contributed by atoms with Crippen molar-refractivity contribution in [2.24, 2.45) is 0 Å². The SMILES string of the molecule is COc1ccccc1NC(=O)c1ccc(NC(=O)c2cc(-c3cc(C)oc3C)nc3onc(C)c23)cc1. The molecule has 5 aromatic rings. The van der Waals surface area contributed by atoms with Crippen molar-refractivity contribution >= 4 is 34.3 Å². The predicted octanol–water partition coefficient (Wildman–Crippen LogP) is 5.92. The Kier molecular flexibility index (Phi) is 6.19. The molecule has 2 N–H and O–H groups in total. The number of aromatic nitrogens is 2. The summed E-state index contributed by atoms with van der Waals surface area (Å²) in [6.45, 7) is 5.44. The first kappa shape index (κ1) is 23.8. The summed E-state index contributed by atoms with van der Waals surface area (Å²) in [6, 6.07) is 17.3. The second-order valence-electron chi connectivity index (χ2n) is 8.52. The lowest BCUT2D eigenvalue weighted by molar-refractivity contribution is 0.102. The molecular formula is C28H24N4O5. The summed E-state index contributed by atoms with van der Waals surface area (Å²) in [7, 11) is 1.54. The van der Waals surface area contributed by atoms with Gasteiger partial charge in [0.1, 0.15) is 17.3 Å². The molecule has 9 heteroatoms. The Hall–Kier alpha value is -4.92. The van der Waals surface area contributed by atoms with Gasteiger partial charge in [-0.25, -0.2) is 4.98 Å². The Bertz CT molecular complexity index is 1630. The molecule has 0 aliphatic carbocycles. The van der Waals surface area contributed by atoms with Gasteiger partial charge < -0.3 is 24.3 Å². The molecule has 0 aliphatic rings. The molecule has 3 aromatic heterocycles. The molecule has 9 nitrogen and oxygen atoms in total. The second kappa shape index (κ2) is 9.62. The average molecular weight is 497 g/mol. The maximum atomic E-state index is 13.4. The summed E-state index contributed by atoms with van der Waals surface area (Å²) in [6.07, 6.45) is 0. The van der Waals surface area contributed by atoms with Crippen LogP contribution in [0.2, 0.25) is 0 Å². The van der Waals surface area contributed by atoms with E-state index in [2.05, 4.69) is 20.8 Å². The molecule has 2 aromatic carbocycles. The Morgan fingerprint density at radius 1 is 0.919 bits per heavy atom. The van der Waals surface area contributed by atoms with E-state index < -0.39 is 0 Å². The summed E-state index contributed by atoms with van der Waals surface area (Å²) in [5.41, 5.74) is 4.03. The van der Waals surface area contributed by atoms with Crippen LogP contribution >= 0.6 is 0 Å². The minimum absolute atomic E-state index is 0.266. The second-order valence-corrected chi connectivity index (χ2v) is 8.52. The van der Waals surface area contributed by atoms with E-state index in [9.17, 15) is 9.59 Å². The van der Waals surface area contributed by atoms with Crippen molar-refractivity contribution in [3.8, 4) is 17.0 Å². The molecule has 5 rings (SSSR count). The fourth-order valence-electron chi connectivity index (χ4n) is 4.14. The minimum Gasteiger partial charge on any atom is -0.495 e. The maximum absolute atomic E-state index is 13.4. The third-order valence-corrected chi connectivity index (χ3v) is 5.94. The van der Waals surface area contributed by atoms with Crippen LogP contribution in [0.1, 0.15) is 37.9 Å². The molecule has 0 saturated carbocycles. The van der Waals surface area contributed by atoms with Gasteiger partial charge in [0.15, 0.2) is 0 Å². The van der Waals surface area contributed by atoms with Crippen molar-refractivity contribution in [2.75, 3.05) is 17.7 Å². The number of fused-ring (bicyclic) bond motifs is 1. The fourth-order valence-corrected chi connectivity index (χ4v) is 4.14. The monoisotopic (exact) mass is 496 g/mol. The van der Waals surface area contributed by atoms with E-state index in [1.54, 1.807) is 56.5 Å². The van der Waals surface area contributed by atoms with Crippen LogP contribution in [0.15, 0.2) is 69.6 Å². The average Bonchev–Trinajstić information content (AvgIpc) is 3.44. The van der Waals surface area contributed by atoms with Gasteiger partial charge in [-0.3, -0.25) is 9.59 Å². The van der Waals surface area contributed by atoms with Gasteiger partial charge in [-0.1, -0.05) is 17.3 Å². The van der Waals surface area contributed by atoms with Gasteiger partial charge in [0.25, 0.3) is 17.5 Å². The van der Waals surface area contributed by atoms with Gasteiger partial charge in [0.2, 0.25) is 0 Å². The van der Waals surface area contributed by atoms with Crippen LogP contribution in [0.4, 0.5) is 11.4 Å². The number of carbonyl (C=O) groups excluding carboxylic acids is 2.